The number of ether oxygens (including phenoxy) is 1. The van der Waals surface area contributed by atoms with Gasteiger partial charge in [0.2, 0.25) is 5.88 Å². The highest BCUT2D eigenvalue weighted by molar-refractivity contribution is 5.32. The molecule has 5 heteroatoms. The first-order valence-electron chi connectivity index (χ1n) is 6.53. The van der Waals surface area contributed by atoms with E-state index in [1.54, 1.807) is 19.5 Å². The maximum Gasteiger partial charge on any atom is 0.237 e. The molecule has 1 aromatic heterocycles. The van der Waals surface area contributed by atoms with Crippen LogP contribution in [0.4, 0.5) is 0 Å². The first kappa shape index (κ1) is 14.4. The standard InChI is InChI=1S/C15H20N4O/c1-10-4-5-12(8-11(10)2)9-13(19-16)14-15(20-3)18-7-6-17-14/h4-8,13,19H,9,16H2,1-3H3. The molecule has 2 rings (SSSR count). The fraction of sp³-hybridized carbons (Fsp3) is 0.333. The highest BCUT2D eigenvalue weighted by Gasteiger charge is 2.18. The molecule has 3 N–H and O–H groups in total. The van der Waals surface area contributed by atoms with Crippen LogP contribution in [-0.4, -0.2) is 17.1 Å². The van der Waals surface area contributed by atoms with Crippen LogP contribution in [0, 0.1) is 13.8 Å². The molecule has 1 aromatic carbocycles. The SMILES string of the molecule is COc1nccnc1C(Cc1ccc(C)c(C)c1)NN. The highest BCUT2D eigenvalue weighted by atomic mass is 16.5. The van der Waals surface area contributed by atoms with Crippen molar-refractivity contribution in [3.05, 3.63) is 53.0 Å². The maximum atomic E-state index is 5.67. The molecule has 0 saturated carbocycles. The summed E-state index contributed by atoms with van der Waals surface area (Å²) in [5, 5.41) is 0. The Labute approximate surface area is 119 Å². The zero-order chi connectivity index (χ0) is 14.5. The van der Waals surface area contributed by atoms with Gasteiger partial charge in [0, 0.05) is 12.4 Å². The lowest BCUT2D eigenvalue weighted by Crippen LogP contribution is -2.30. The molecule has 0 aliphatic carbocycles. The van der Waals surface area contributed by atoms with E-state index in [4.69, 9.17) is 10.6 Å². The van der Waals surface area contributed by atoms with E-state index in [1.165, 1.54) is 16.7 Å². The predicted octanol–water partition coefficient (Wildman–Crippen LogP) is 1.85. The van der Waals surface area contributed by atoms with Gasteiger partial charge in [-0.2, -0.15) is 0 Å². The lowest BCUT2D eigenvalue weighted by Gasteiger charge is -2.17. The van der Waals surface area contributed by atoms with Crippen LogP contribution in [0.5, 0.6) is 5.88 Å². The van der Waals surface area contributed by atoms with Crippen LogP contribution >= 0.6 is 0 Å². The Morgan fingerprint density at radius 3 is 2.60 bits per heavy atom. The number of hydrogen-bond donors (Lipinski definition) is 2. The predicted molar refractivity (Wildman–Crippen MR) is 78.3 cm³/mol. The normalized spacial score (nSPS) is 12.2. The molecular weight excluding hydrogens is 252 g/mol. The monoisotopic (exact) mass is 272 g/mol. The number of aryl methyl sites for hydroxylation is 2. The summed E-state index contributed by atoms with van der Waals surface area (Å²) in [6, 6.07) is 6.25. The molecular formula is C15H20N4O. The van der Waals surface area contributed by atoms with Crippen LogP contribution in [0.3, 0.4) is 0 Å². The van der Waals surface area contributed by atoms with Gasteiger partial charge >= 0.3 is 0 Å². The third-order valence-electron chi connectivity index (χ3n) is 3.43. The van der Waals surface area contributed by atoms with E-state index in [9.17, 15) is 0 Å². The molecule has 0 spiro atoms. The van der Waals surface area contributed by atoms with E-state index in [-0.39, 0.29) is 6.04 Å². The summed E-state index contributed by atoms with van der Waals surface area (Å²) in [7, 11) is 1.58. The van der Waals surface area contributed by atoms with Gasteiger partial charge in [-0.25, -0.2) is 4.98 Å². The van der Waals surface area contributed by atoms with E-state index in [2.05, 4.69) is 47.4 Å². The molecule has 2 aromatic rings. The van der Waals surface area contributed by atoms with Crippen LogP contribution in [0.1, 0.15) is 28.4 Å². The Balaban J connectivity index is 2.26. The quantitative estimate of drug-likeness (QED) is 0.642. The molecule has 1 atom stereocenters. The van der Waals surface area contributed by atoms with Crippen molar-refractivity contribution in [2.24, 2.45) is 5.84 Å². The summed E-state index contributed by atoms with van der Waals surface area (Å²) in [6.07, 6.45) is 3.97. The van der Waals surface area contributed by atoms with E-state index < -0.39 is 0 Å². The lowest BCUT2D eigenvalue weighted by molar-refractivity contribution is 0.377. The highest BCUT2D eigenvalue weighted by Crippen LogP contribution is 2.23. The Morgan fingerprint density at radius 1 is 1.20 bits per heavy atom. The van der Waals surface area contributed by atoms with Crippen LogP contribution in [0.15, 0.2) is 30.6 Å². The average molecular weight is 272 g/mol. The summed E-state index contributed by atoms with van der Waals surface area (Å²) in [6.45, 7) is 4.20. The molecule has 0 amide bonds. The second-order valence-corrected chi connectivity index (χ2v) is 4.79. The summed E-state index contributed by atoms with van der Waals surface area (Å²) in [5.41, 5.74) is 7.26. The number of hydrogen-bond acceptors (Lipinski definition) is 5. The summed E-state index contributed by atoms with van der Waals surface area (Å²) >= 11 is 0. The van der Waals surface area contributed by atoms with Crippen molar-refractivity contribution in [3.63, 3.8) is 0 Å². The number of methoxy groups -OCH3 is 1. The second-order valence-electron chi connectivity index (χ2n) is 4.79. The third-order valence-corrected chi connectivity index (χ3v) is 3.43. The smallest absolute Gasteiger partial charge is 0.237 e. The molecule has 0 fully saturated rings. The number of hydrazine groups is 1. The first-order chi connectivity index (χ1) is 9.65. The van der Waals surface area contributed by atoms with Crippen LogP contribution in [0.25, 0.3) is 0 Å². The zero-order valence-corrected chi connectivity index (χ0v) is 12.1. The van der Waals surface area contributed by atoms with Crippen molar-refractivity contribution in [2.45, 2.75) is 26.3 Å². The van der Waals surface area contributed by atoms with Gasteiger partial charge in [-0.05, 0) is 37.0 Å². The zero-order valence-electron chi connectivity index (χ0n) is 12.1. The summed E-state index contributed by atoms with van der Waals surface area (Å²) in [4.78, 5) is 8.49. The Kier molecular flexibility index (Phi) is 4.65. The average Bonchev–Trinajstić information content (AvgIpc) is 2.48. The number of aromatic nitrogens is 2. The van der Waals surface area contributed by atoms with Crippen molar-refractivity contribution < 1.29 is 4.74 Å². The molecule has 5 nitrogen and oxygen atoms in total. The molecule has 0 aliphatic rings. The van der Waals surface area contributed by atoms with Crippen LogP contribution in [-0.2, 0) is 6.42 Å². The largest absolute Gasteiger partial charge is 0.480 e. The van der Waals surface area contributed by atoms with Crippen molar-refractivity contribution in [3.8, 4) is 5.88 Å². The van der Waals surface area contributed by atoms with E-state index >= 15 is 0 Å². The minimum Gasteiger partial charge on any atom is -0.480 e. The first-order valence-corrected chi connectivity index (χ1v) is 6.53. The molecule has 0 radical (unpaired) electrons. The number of benzene rings is 1. The number of rotatable bonds is 5. The molecule has 106 valence electrons. The molecule has 0 saturated heterocycles. The minimum atomic E-state index is -0.138. The lowest BCUT2D eigenvalue weighted by atomic mass is 9.99. The van der Waals surface area contributed by atoms with Crippen LogP contribution in [0.2, 0.25) is 0 Å². The van der Waals surface area contributed by atoms with E-state index in [0.717, 1.165) is 12.1 Å². The number of nitrogens with one attached hydrogen (secondary N) is 1. The van der Waals surface area contributed by atoms with Gasteiger partial charge in [-0.3, -0.25) is 16.3 Å². The van der Waals surface area contributed by atoms with Crippen molar-refractivity contribution in [1.82, 2.24) is 15.4 Å². The maximum absolute atomic E-state index is 5.67. The fourth-order valence-corrected chi connectivity index (χ4v) is 2.13. The molecule has 20 heavy (non-hydrogen) atoms. The van der Waals surface area contributed by atoms with E-state index in [0.29, 0.717) is 5.88 Å². The van der Waals surface area contributed by atoms with Gasteiger partial charge in [0.15, 0.2) is 0 Å². The Hall–Kier alpha value is -1.98. The van der Waals surface area contributed by atoms with Gasteiger partial charge in [0.1, 0.15) is 5.69 Å². The molecule has 1 unspecified atom stereocenters. The van der Waals surface area contributed by atoms with E-state index in [1.807, 2.05) is 0 Å². The number of nitrogens with two attached hydrogens (primary N) is 1. The third kappa shape index (κ3) is 3.12. The molecule has 0 bridgehead atoms. The van der Waals surface area contributed by atoms with Crippen molar-refractivity contribution in [2.75, 3.05) is 7.11 Å². The second kappa shape index (κ2) is 6.45. The fourth-order valence-electron chi connectivity index (χ4n) is 2.13. The minimum absolute atomic E-state index is 0.138. The van der Waals surface area contributed by atoms with Crippen molar-refractivity contribution in [1.29, 1.82) is 0 Å². The Bertz CT molecular complexity index is 586. The summed E-state index contributed by atoms with van der Waals surface area (Å²) in [5.74, 6) is 6.17. The van der Waals surface area contributed by atoms with Crippen LogP contribution < -0.4 is 16.0 Å². The number of nitrogens with zero attached hydrogens (tertiary/aromatic N) is 2. The van der Waals surface area contributed by atoms with Crippen molar-refractivity contribution >= 4 is 0 Å². The molecule has 0 aliphatic heterocycles. The van der Waals surface area contributed by atoms with Gasteiger partial charge < -0.3 is 4.74 Å². The molecule has 1 heterocycles. The van der Waals surface area contributed by atoms with Gasteiger partial charge in [0.25, 0.3) is 0 Å². The summed E-state index contributed by atoms with van der Waals surface area (Å²) < 4.78 is 5.24. The topological polar surface area (TPSA) is 73.1 Å². The van der Waals surface area contributed by atoms with Gasteiger partial charge in [0.05, 0.1) is 13.2 Å². The van der Waals surface area contributed by atoms with Gasteiger partial charge in [-0.15, -0.1) is 0 Å². The Morgan fingerprint density at radius 2 is 1.95 bits per heavy atom. The van der Waals surface area contributed by atoms with Gasteiger partial charge in [-0.1, -0.05) is 18.2 Å².